The van der Waals surface area contributed by atoms with E-state index in [0.29, 0.717) is 6.54 Å². The molecule has 0 bridgehead atoms. The molecule has 0 saturated carbocycles. The maximum Gasteiger partial charge on any atom is 0.227 e. The van der Waals surface area contributed by atoms with Crippen LogP contribution in [0.15, 0.2) is 6.07 Å². The molecule has 1 aromatic heterocycles. The lowest BCUT2D eigenvalue weighted by Gasteiger charge is -2.32. The van der Waals surface area contributed by atoms with Crippen LogP contribution in [0.2, 0.25) is 0 Å². The molecule has 0 aliphatic carbocycles. The minimum absolute atomic E-state index is 0.0794. The van der Waals surface area contributed by atoms with Gasteiger partial charge in [0.15, 0.2) is 0 Å². The summed E-state index contributed by atoms with van der Waals surface area (Å²) in [6.45, 7) is 5.09. The van der Waals surface area contributed by atoms with Crippen molar-refractivity contribution in [3.05, 3.63) is 11.8 Å². The first kappa shape index (κ1) is 17.9. The van der Waals surface area contributed by atoms with E-state index >= 15 is 0 Å². The third-order valence-corrected chi connectivity index (χ3v) is 4.96. The highest BCUT2D eigenvalue weighted by Gasteiger charge is 2.27. The van der Waals surface area contributed by atoms with Crippen LogP contribution < -0.4 is 15.1 Å². The summed E-state index contributed by atoms with van der Waals surface area (Å²) in [5, 5.41) is 3.06. The van der Waals surface area contributed by atoms with Gasteiger partial charge in [-0.25, -0.2) is 4.98 Å². The topological polar surface area (TPSA) is 70.6 Å². The van der Waals surface area contributed by atoms with E-state index in [1.165, 1.54) is 0 Å². The van der Waals surface area contributed by atoms with Gasteiger partial charge in [-0.3, -0.25) is 4.79 Å². The van der Waals surface area contributed by atoms with Gasteiger partial charge in [0.2, 0.25) is 11.9 Å². The lowest BCUT2D eigenvalue weighted by atomic mass is 9.96. The van der Waals surface area contributed by atoms with E-state index in [1.807, 2.05) is 32.0 Å². The monoisotopic (exact) mass is 347 g/mol. The number of hydrogen-bond donors (Lipinski definition) is 1. The van der Waals surface area contributed by atoms with Gasteiger partial charge in [-0.05, 0) is 32.6 Å². The average Bonchev–Trinajstić information content (AvgIpc) is 3.13. The van der Waals surface area contributed by atoms with Crippen molar-refractivity contribution in [2.75, 3.05) is 50.1 Å². The molecular weight excluding hydrogens is 318 g/mol. The fourth-order valence-corrected chi connectivity index (χ4v) is 3.41. The van der Waals surface area contributed by atoms with E-state index in [9.17, 15) is 4.79 Å². The molecule has 2 aliphatic heterocycles. The SMILES string of the molecule is Cc1cc(N(C)C)nc(N2CCC(C(=O)NCC3CCCO3)CC2)n1. The summed E-state index contributed by atoms with van der Waals surface area (Å²) in [4.78, 5) is 25.8. The summed E-state index contributed by atoms with van der Waals surface area (Å²) >= 11 is 0. The molecule has 7 nitrogen and oxygen atoms in total. The fraction of sp³-hybridized carbons (Fsp3) is 0.722. The second kappa shape index (κ2) is 7.99. The third-order valence-electron chi connectivity index (χ3n) is 4.96. The van der Waals surface area contributed by atoms with Crippen molar-refractivity contribution in [2.45, 2.75) is 38.7 Å². The van der Waals surface area contributed by atoms with E-state index in [4.69, 9.17) is 4.74 Å². The molecule has 0 radical (unpaired) electrons. The molecule has 1 atom stereocenters. The molecule has 2 saturated heterocycles. The highest BCUT2D eigenvalue weighted by atomic mass is 16.5. The Hall–Kier alpha value is -1.89. The summed E-state index contributed by atoms with van der Waals surface area (Å²) < 4.78 is 5.56. The number of nitrogens with zero attached hydrogens (tertiary/aromatic N) is 4. The summed E-state index contributed by atoms with van der Waals surface area (Å²) in [5.74, 6) is 1.92. The molecule has 3 rings (SSSR count). The lowest BCUT2D eigenvalue weighted by molar-refractivity contribution is -0.126. The third kappa shape index (κ3) is 4.60. The van der Waals surface area contributed by atoms with Crippen molar-refractivity contribution < 1.29 is 9.53 Å². The van der Waals surface area contributed by atoms with Gasteiger partial charge >= 0.3 is 0 Å². The van der Waals surface area contributed by atoms with Crippen LogP contribution in [0.4, 0.5) is 11.8 Å². The maximum absolute atomic E-state index is 12.4. The van der Waals surface area contributed by atoms with Gasteiger partial charge in [0.1, 0.15) is 5.82 Å². The van der Waals surface area contributed by atoms with Crippen molar-refractivity contribution in [2.24, 2.45) is 5.92 Å². The van der Waals surface area contributed by atoms with Crippen molar-refractivity contribution in [3.63, 3.8) is 0 Å². The van der Waals surface area contributed by atoms with Gasteiger partial charge in [-0.15, -0.1) is 0 Å². The Balaban J connectivity index is 1.52. The molecule has 3 heterocycles. The number of carbonyl (C=O) groups excluding carboxylic acids is 1. The molecular formula is C18H29N5O2. The van der Waals surface area contributed by atoms with Crippen LogP contribution in [0.5, 0.6) is 0 Å². The van der Waals surface area contributed by atoms with E-state index < -0.39 is 0 Å². The molecule has 2 aliphatic rings. The highest BCUT2D eigenvalue weighted by molar-refractivity contribution is 5.79. The highest BCUT2D eigenvalue weighted by Crippen LogP contribution is 2.23. The molecule has 25 heavy (non-hydrogen) atoms. The zero-order valence-corrected chi connectivity index (χ0v) is 15.5. The normalized spacial score (nSPS) is 21.4. The fourth-order valence-electron chi connectivity index (χ4n) is 3.41. The Labute approximate surface area is 149 Å². The molecule has 1 N–H and O–H groups in total. The first-order valence-corrected chi connectivity index (χ1v) is 9.20. The number of anilines is 2. The Morgan fingerprint density at radius 2 is 2.08 bits per heavy atom. The molecule has 7 heteroatoms. The number of piperidine rings is 1. The molecule has 138 valence electrons. The van der Waals surface area contributed by atoms with Crippen LogP contribution in [0.3, 0.4) is 0 Å². The van der Waals surface area contributed by atoms with E-state index in [0.717, 1.165) is 62.8 Å². The molecule has 1 aromatic rings. The Morgan fingerprint density at radius 1 is 1.32 bits per heavy atom. The van der Waals surface area contributed by atoms with Gasteiger partial charge < -0.3 is 19.9 Å². The predicted molar refractivity (Wildman–Crippen MR) is 98.0 cm³/mol. The van der Waals surface area contributed by atoms with Crippen LogP contribution >= 0.6 is 0 Å². The largest absolute Gasteiger partial charge is 0.376 e. The zero-order valence-electron chi connectivity index (χ0n) is 15.5. The van der Waals surface area contributed by atoms with Crippen molar-refractivity contribution >= 4 is 17.7 Å². The maximum atomic E-state index is 12.4. The van der Waals surface area contributed by atoms with Crippen LogP contribution in [0, 0.1) is 12.8 Å². The molecule has 0 spiro atoms. The summed E-state index contributed by atoms with van der Waals surface area (Å²) in [7, 11) is 3.96. The van der Waals surface area contributed by atoms with Crippen LogP contribution in [-0.2, 0) is 9.53 Å². The zero-order chi connectivity index (χ0) is 17.8. The number of ether oxygens (including phenoxy) is 1. The van der Waals surface area contributed by atoms with Crippen molar-refractivity contribution in [3.8, 4) is 0 Å². The Bertz CT molecular complexity index is 593. The molecule has 2 fully saturated rings. The van der Waals surface area contributed by atoms with Crippen molar-refractivity contribution in [1.82, 2.24) is 15.3 Å². The van der Waals surface area contributed by atoms with Gasteiger partial charge in [0.25, 0.3) is 0 Å². The number of hydrogen-bond acceptors (Lipinski definition) is 6. The van der Waals surface area contributed by atoms with Crippen LogP contribution in [0.1, 0.15) is 31.4 Å². The van der Waals surface area contributed by atoms with Crippen LogP contribution in [0.25, 0.3) is 0 Å². The second-order valence-corrected chi connectivity index (χ2v) is 7.20. The number of rotatable bonds is 5. The number of carbonyl (C=O) groups is 1. The Kier molecular flexibility index (Phi) is 5.73. The second-order valence-electron chi connectivity index (χ2n) is 7.20. The summed E-state index contributed by atoms with van der Waals surface area (Å²) in [6.07, 6.45) is 4.04. The van der Waals surface area contributed by atoms with E-state index in [2.05, 4.69) is 20.2 Å². The number of aromatic nitrogens is 2. The van der Waals surface area contributed by atoms with Gasteiger partial charge in [0.05, 0.1) is 6.10 Å². The molecule has 1 amide bonds. The summed E-state index contributed by atoms with van der Waals surface area (Å²) in [5.41, 5.74) is 0.963. The lowest BCUT2D eigenvalue weighted by Crippen LogP contribution is -2.43. The number of aryl methyl sites for hydroxylation is 1. The van der Waals surface area contributed by atoms with E-state index in [-0.39, 0.29) is 17.9 Å². The first-order chi connectivity index (χ1) is 12.0. The quantitative estimate of drug-likeness (QED) is 0.867. The number of nitrogens with one attached hydrogen (secondary N) is 1. The number of amides is 1. The van der Waals surface area contributed by atoms with E-state index in [1.54, 1.807) is 0 Å². The van der Waals surface area contributed by atoms with Gasteiger partial charge in [-0.1, -0.05) is 0 Å². The first-order valence-electron chi connectivity index (χ1n) is 9.20. The Morgan fingerprint density at radius 3 is 2.72 bits per heavy atom. The molecule has 0 aromatic carbocycles. The standard InChI is InChI=1S/C18H29N5O2/c1-13-11-16(22(2)3)21-18(20-13)23-8-6-14(7-9-23)17(24)19-12-15-5-4-10-25-15/h11,14-15H,4-10,12H2,1-3H3,(H,19,24). The van der Waals surface area contributed by atoms with Crippen LogP contribution in [-0.4, -0.2) is 62.3 Å². The summed E-state index contributed by atoms with van der Waals surface area (Å²) in [6, 6.07) is 1.98. The molecule has 1 unspecified atom stereocenters. The van der Waals surface area contributed by atoms with Crippen molar-refractivity contribution in [1.29, 1.82) is 0 Å². The van der Waals surface area contributed by atoms with Gasteiger partial charge in [-0.2, -0.15) is 4.98 Å². The minimum Gasteiger partial charge on any atom is -0.376 e. The smallest absolute Gasteiger partial charge is 0.227 e. The minimum atomic E-state index is 0.0794. The van der Waals surface area contributed by atoms with Gasteiger partial charge in [0, 0.05) is 58.0 Å². The predicted octanol–water partition coefficient (Wildman–Crippen LogP) is 1.36. The average molecular weight is 347 g/mol.